The van der Waals surface area contributed by atoms with Crippen molar-refractivity contribution in [3.8, 4) is 5.69 Å². The third-order valence-corrected chi connectivity index (χ3v) is 6.41. The Balaban J connectivity index is 1.60. The fourth-order valence-electron chi connectivity index (χ4n) is 4.27. The van der Waals surface area contributed by atoms with Crippen LogP contribution in [0.1, 0.15) is 26.0 Å². The molecule has 2 amide bonds. The minimum absolute atomic E-state index is 0.0864. The summed E-state index contributed by atoms with van der Waals surface area (Å²) in [5.74, 6) is -0.681. The number of aromatic nitrogens is 2. The lowest BCUT2D eigenvalue weighted by Crippen LogP contribution is -2.42. The molecule has 34 heavy (non-hydrogen) atoms. The van der Waals surface area contributed by atoms with Crippen molar-refractivity contribution in [2.24, 2.45) is 7.05 Å². The van der Waals surface area contributed by atoms with E-state index in [1.807, 2.05) is 74.5 Å². The fraction of sp³-hybridized carbons (Fsp3) is 0.280. The van der Waals surface area contributed by atoms with Crippen LogP contribution in [0.5, 0.6) is 0 Å². The van der Waals surface area contributed by atoms with E-state index in [0.717, 1.165) is 0 Å². The molecule has 8 nitrogen and oxygen atoms in total. The van der Waals surface area contributed by atoms with Crippen LogP contribution in [0.3, 0.4) is 0 Å². The molecule has 0 radical (unpaired) electrons. The van der Waals surface area contributed by atoms with Crippen molar-refractivity contribution in [3.63, 3.8) is 0 Å². The van der Waals surface area contributed by atoms with Gasteiger partial charge in [0.25, 0.3) is 11.5 Å². The lowest BCUT2D eigenvalue weighted by Gasteiger charge is -2.27. The smallest absolute Gasteiger partial charge is 0.295 e. The van der Waals surface area contributed by atoms with Crippen LogP contribution >= 0.6 is 12.2 Å². The Morgan fingerprint density at radius 3 is 2.12 bits per heavy atom. The van der Waals surface area contributed by atoms with E-state index in [1.165, 1.54) is 9.58 Å². The maximum Gasteiger partial charge on any atom is 0.295 e. The molecule has 1 aliphatic heterocycles. The molecular weight excluding hydrogens is 450 g/mol. The SMILES string of the molecule is Cc1c(NC(=O)C[C@H]2C(=O)N(c3ccccc3)C(=S)N2C(C)C)c(=O)n(-c2ccccc2)n1C. The Morgan fingerprint density at radius 1 is 1.00 bits per heavy atom. The summed E-state index contributed by atoms with van der Waals surface area (Å²) in [6.45, 7) is 5.63. The molecule has 1 aliphatic rings. The van der Waals surface area contributed by atoms with Gasteiger partial charge < -0.3 is 10.2 Å². The van der Waals surface area contributed by atoms with Crippen LogP contribution in [-0.4, -0.2) is 43.3 Å². The van der Waals surface area contributed by atoms with Crippen LogP contribution in [0.2, 0.25) is 0 Å². The third-order valence-electron chi connectivity index (χ3n) is 6.02. The summed E-state index contributed by atoms with van der Waals surface area (Å²) in [6.07, 6.45) is -0.125. The Kier molecular flexibility index (Phi) is 6.39. The highest BCUT2D eigenvalue weighted by Gasteiger charge is 2.45. The van der Waals surface area contributed by atoms with E-state index in [9.17, 15) is 14.4 Å². The van der Waals surface area contributed by atoms with Crippen molar-refractivity contribution in [2.75, 3.05) is 10.2 Å². The molecule has 0 spiro atoms. The highest BCUT2D eigenvalue weighted by Crippen LogP contribution is 2.29. The number of benzene rings is 2. The summed E-state index contributed by atoms with van der Waals surface area (Å²) in [4.78, 5) is 42.8. The minimum atomic E-state index is -0.756. The first-order valence-electron chi connectivity index (χ1n) is 11.1. The summed E-state index contributed by atoms with van der Waals surface area (Å²) in [6, 6.07) is 17.5. The normalized spacial score (nSPS) is 16.0. The maximum absolute atomic E-state index is 13.3. The minimum Gasteiger partial charge on any atom is -0.333 e. The van der Waals surface area contributed by atoms with Gasteiger partial charge in [-0.15, -0.1) is 0 Å². The van der Waals surface area contributed by atoms with Crippen LogP contribution in [0.15, 0.2) is 65.5 Å². The molecular formula is C25H27N5O3S. The van der Waals surface area contributed by atoms with Crippen molar-refractivity contribution >= 4 is 40.5 Å². The number of carbonyl (C=O) groups excluding carboxylic acids is 2. The predicted molar refractivity (Wildman–Crippen MR) is 136 cm³/mol. The molecule has 3 aromatic rings. The molecule has 4 rings (SSSR count). The molecule has 1 atom stereocenters. The van der Waals surface area contributed by atoms with Crippen LogP contribution in [0.4, 0.5) is 11.4 Å². The van der Waals surface area contributed by atoms with Crippen LogP contribution < -0.4 is 15.8 Å². The predicted octanol–water partition coefficient (Wildman–Crippen LogP) is 3.22. The van der Waals surface area contributed by atoms with Gasteiger partial charge in [0.05, 0.1) is 23.5 Å². The van der Waals surface area contributed by atoms with Gasteiger partial charge in [-0.05, 0) is 57.3 Å². The maximum atomic E-state index is 13.3. The molecule has 0 aliphatic carbocycles. The summed E-state index contributed by atoms with van der Waals surface area (Å²) in [5, 5.41) is 3.12. The first kappa shape index (κ1) is 23.4. The average molecular weight is 478 g/mol. The largest absolute Gasteiger partial charge is 0.333 e. The van der Waals surface area contributed by atoms with Crippen molar-refractivity contribution in [2.45, 2.75) is 39.3 Å². The quantitative estimate of drug-likeness (QED) is 0.552. The van der Waals surface area contributed by atoms with Gasteiger partial charge in [0.1, 0.15) is 11.7 Å². The Morgan fingerprint density at radius 2 is 1.56 bits per heavy atom. The van der Waals surface area contributed by atoms with E-state index >= 15 is 0 Å². The van der Waals surface area contributed by atoms with E-state index in [0.29, 0.717) is 22.2 Å². The molecule has 0 bridgehead atoms. The lowest BCUT2D eigenvalue weighted by molar-refractivity contribution is -0.124. The molecule has 0 unspecified atom stereocenters. The lowest BCUT2D eigenvalue weighted by atomic mass is 10.1. The Bertz CT molecular complexity index is 1300. The number of carbonyl (C=O) groups is 2. The standard InChI is InChI=1S/C25H27N5O3S/c1-16(2)28-20(23(32)29(25(28)34)18-11-7-5-8-12-18)15-21(31)26-22-17(3)27(4)30(24(22)33)19-13-9-6-10-14-19/h5-14,16,20H,15H2,1-4H3,(H,26,31)/t20-/m0/s1. The molecule has 1 N–H and O–H groups in total. The number of rotatable bonds is 6. The number of para-hydroxylation sites is 2. The molecule has 0 saturated carbocycles. The summed E-state index contributed by atoms with van der Waals surface area (Å²) in [7, 11) is 1.76. The van der Waals surface area contributed by atoms with E-state index in [2.05, 4.69) is 5.32 Å². The topological polar surface area (TPSA) is 79.6 Å². The summed E-state index contributed by atoms with van der Waals surface area (Å²) in [5.41, 5.74) is 1.83. The second-order valence-corrected chi connectivity index (χ2v) is 8.86. The number of hydrogen-bond donors (Lipinski definition) is 1. The molecule has 9 heteroatoms. The first-order chi connectivity index (χ1) is 16.2. The van der Waals surface area contributed by atoms with Gasteiger partial charge >= 0.3 is 0 Å². The van der Waals surface area contributed by atoms with Gasteiger partial charge in [-0.1, -0.05) is 36.4 Å². The number of anilines is 2. The van der Waals surface area contributed by atoms with Gasteiger partial charge in [0.15, 0.2) is 5.11 Å². The zero-order chi connectivity index (χ0) is 24.6. The molecule has 1 aromatic heterocycles. The highest BCUT2D eigenvalue weighted by atomic mass is 32.1. The number of nitrogens with one attached hydrogen (secondary N) is 1. The number of amides is 2. The fourth-order valence-corrected chi connectivity index (χ4v) is 4.80. The average Bonchev–Trinajstić information content (AvgIpc) is 3.18. The summed E-state index contributed by atoms with van der Waals surface area (Å²) < 4.78 is 3.19. The molecule has 2 heterocycles. The van der Waals surface area contributed by atoms with Crippen molar-refractivity contribution in [1.29, 1.82) is 0 Å². The first-order valence-corrected chi connectivity index (χ1v) is 11.5. The van der Waals surface area contributed by atoms with Crippen LogP contribution in [0.25, 0.3) is 5.69 Å². The van der Waals surface area contributed by atoms with Crippen molar-refractivity contribution in [3.05, 3.63) is 76.7 Å². The second-order valence-electron chi connectivity index (χ2n) is 8.50. The Labute approximate surface area is 203 Å². The van der Waals surface area contributed by atoms with E-state index < -0.39 is 11.9 Å². The number of thiocarbonyl (C=S) groups is 1. The van der Waals surface area contributed by atoms with Gasteiger partial charge in [0.2, 0.25) is 5.91 Å². The van der Waals surface area contributed by atoms with Gasteiger partial charge in [0, 0.05) is 13.1 Å². The zero-order valence-corrected chi connectivity index (χ0v) is 20.4. The Hall–Kier alpha value is -3.72. The molecule has 1 fully saturated rings. The number of nitrogens with zero attached hydrogens (tertiary/aromatic N) is 4. The van der Waals surface area contributed by atoms with Gasteiger partial charge in [-0.25, -0.2) is 4.68 Å². The van der Waals surface area contributed by atoms with Gasteiger partial charge in [-0.2, -0.15) is 0 Å². The van der Waals surface area contributed by atoms with Crippen LogP contribution in [0, 0.1) is 6.92 Å². The molecule has 176 valence electrons. The molecule has 1 saturated heterocycles. The third kappa shape index (κ3) is 4.03. The van der Waals surface area contributed by atoms with Crippen molar-refractivity contribution < 1.29 is 9.59 Å². The van der Waals surface area contributed by atoms with E-state index in [1.54, 1.807) is 23.6 Å². The van der Waals surface area contributed by atoms with Crippen molar-refractivity contribution in [1.82, 2.24) is 14.3 Å². The number of hydrogen-bond acceptors (Lipinski definition) is 4. The van der Waals surface area contributed by atoms with Crippen LogP contribution in [-0.2, 0) is 16.6 Å². The highest BCUT2D eigenvalue weighted by molar-refractivity contribution is 7.80. The monoisotopic (exact) mass is 477 g/mol. The molecule has 2 aromatic carbocycles. The van der Waals surface area contributed by atoms with E-state index in [4.69, 9.17) is 12.2 Å². The zero-order valence-electron chi connectivity index (χ0n) is 19.6. The summed E-state index contributed by atoms with van der Waals surface area (Å²) >= 11 is 5.62. The van der Waals surface area contributed by atoms with E-state index in [-0.39, 0.29) is 29.6 Å². The second kappa shape index (κ2) is 9.26. The van der Waals surface area contributed by atoms with Gasteiger partial charge in [-0.3, -0.25) is 24.0 Å².